The Labute approximate surface area is 94.8 Å². The zero-order valence-electron chi connectivity index (χ0n) is 8.96. The molecule has 1 aliphatic heterocycles. The quantitative estimate of drug-likeness (QED) is 0.718. The van der Waals surface area contributed by atoms with Crippen molar-refractivity contribution in [1.29, 1.82) is 0 Å². The molecule has 80 valence electrons. The fourth-order valence-electron chi connectivity index (χ4n) is 2.27. The van der Waals surface area contributed by atoms with E-state index < -0.39 is 0 Å². The number of carbonyl (C=O) groups is 1. The van der Waals surface area contributed by atoms with Gasteiger partial charge >= 0.3 is 0 Å². The molecule has 2 rings (SSSR count). The molecular formula is C12H14ClNO. The third kappa shape index (κ3) is 1.92. The molecule has 1 heterocycles. The van der Waals surface area contributed by atoms with Crippen LogP contribution in [0.2, 0.25) is 5.02 Å². The van der Waals surface area contributed by atoms with E-state index in [1.165, 1.54) is 0 Å². The Morgan fingerprint density at radius 2 is 2.13 bits per heavy atom. The van der Waals surface area contributed by atoms with Gasteiger partial charge in [-0.05, 0) is 26.1 Å². The Balaban J connectivity index is 2.22. The second kappa shape index (κ2) is 3.62. The van der Waals surface area contributed by atoms with E-state index in [9.17, 15) is 4.79 Å². The molecule has 0 N–H and O–H groups in total. The number of benzene rings is 1. The van der Waals surface area contributed by atoms with Crippen molar-refractivity contribution in [2.45, 2.75) is 6.92 Å². The summed E-state index contributed by atoms with van der Waals surface area (Å²) in [6.07, 6.45) is 0. The Morgan fingerprint density at radius 1 is 1.47 bits per heavy atom. The van der Waals surface area contributed by atoms with Gasteiger partial charge in [0.1, 0.15) is 0 Å². The van der Waals surface area contributed by atoms with E-state index >= 15 is 0 Å². The topological polar surface area (TPSA) is 20.3 Å². The number of halogens is 1. The molecule has 0 radical (unpaired) electrons. The second-order valence-electron chi connectivity index (χ2n) is 4.57. The molecule has 1 fully saturated rings. The number of carbonyl (C=O) groups excluding carboxylic acids is 1. The van der Waals surface area contributed by atoms with Crippen LogP contribution in [0.15, 0.2) is 24.3 Å². The average molecular weight is 224 g/mol. The van der Waals surface area contributed by atoms with Gasteiger partial charge < -0.3 is 4.90 Å². The van der Waals surface area contributed by atoms with Crippen LogP contribution in [0.4, 0.5) is 0 Å². The lowest BCUT2D eigenvalue weighted by molar-refractivity contribution is 0.0322. The van der Waals surface area contributed by atoms with Crippen molar-refractivity contribution >= 4 is 17.4 Å². The third-order valence-corrected chi connectivity index (χ3v) is 3.11. The van der Waals surface area contributed by atoms with Gasteiger partial charge in [-0.15, -0.1) is 0 Å². The zero-order valence-corrected chi connectivity index (χ0v) is 9.71. The number of likely N-dealkylation sites (tertiary alicyclic amines) is 1. The van der Waals surface area contributed by atoms with E-state index in [0.29, 0.717) is 5.02 Å². The first-order valence-electron chi connectivity index (χ1n) is 5.00. The van der Waals surface area contributed by atoms with Crippen molar-refractivity contribution in [3.8, 4) is 0 Å². The zero-order chi connectivity index (χ0) is 11.1. The fraction of sp³-hybridized carbons (Fsp3) is 0.417. The lowest BCUT2D eigenvalue weighted by atomic mass is 9.76. The Hall–Kier alpha value is -0.860. The van der Waals surface area contributed by atoms with Gasteiger partial charge in [-0.2, -0.15) is 0 Å². The average Bonchev–Trinajstić information content (AvgIpc) is 2.14. The first-order chi connectivity index (χ1) is 7.01. The molecule has 1 aliphatic rings. The van der Waals surface area contributed by atoms with Crippen LogP contribution >= 0.6 is 11.6 Å². The lowest BCUT2D eigenvalue weighted by Gasteiger charge is -2.44. The summed E-state index contributed by atoms with van der Waals surface area (Å²) in [6, 6.07) is 7.18. The highest BCUT2D eigenvalue weighted by molar-refractivity contribution is 6.31. The van der Waals surface area contributed by atoms with Gasteiger partial charge in [0.15, 0.2) is 5.78 Å². The maximum absolute atomic E-state index is 12.2. The van der Waals surface area contributed by atoms with Crippen molar-refractivity contribution in [1.82, 2.24) is 4.90 Å². The molecular weight excluding hydrogens is 210 g/mol. The predicted molar refractivity (Wildman–Crippen MR) is 61.4 cm³/mol. The van der Waals surface area contributed by atoms with Crippen molar-refractivity contribution in [3.63, 3.8) is 0 Å². The molecule has 1 saturated heterocycles. The first-order valence-corrected chi connectivity index (χ1v) is 5.38. The van der Waals surface area contributed by atoms with Crippen molar-refractivity contribution in [2.75, 3.05) is 20.1 Å². The van der Waals surface area contributed by atoms with Gasteiger partial charge in [0.25, 0.3) is 0 Å². The largest absolute Gasteiger partial charge is 0.304 e. The molecule has 0 spiro atoms. The first kappa shape index (κ1) is 10.7. The molecule has 0 aromatic heterocycles. The minimum absolute atomic E-state index is 0.197. The van der Waals surface area contributed by atoms with E-state index in [-0.39, 0.29) is 11.2 Å². The fourth-order valence-corrected chi connectivity index (χ4v) is 2.46. The molecule has 1 aromatic rings. The van der Waals surface area contributed by atoms with Gasteiger partial charge in [0, 0.05) is 23.7 Å². The summed E-state index contributed by atoms with van der Waals surface area (Å²) in [7, 11) is 2.02. The summed E-state index contributed by atoms with van der Waals surface area (Å²) in [5.41, 5.74) is 0.498. The number of rotatable bonds is 2. The SMILES string of the molecule is CN1CC(C)(C(=O)c2cccc(Cl)c2)C1. The summed E-state index contributed by atoms with van der Waals surface area (Å²) in [5.74, 6) is 0.197. The standard InChI is InChI=1S/C12H14ClNO/c1-12(7-14(2)8-12)11(15)9-4-3-5-10(13)6-9/h3-6H,7-8H2,1-2H3. The number of hydrogen-bond acceptors (Lipinski definition) is 2. The van der Waals surface area contributed by atoms with Crippen molar-refractivity contribution in [2.24, 2.45) is 5.41 Å². The molecule has 0 bridgehead atoms. The molecule has 15 heavy (non-hydrogen) atoms. The highest BCUT2D eigenvalue weighted by Gasteiger charge is 2.43. The monoisotopic (exact) mass is 223 g/mol. The Kier molecular flexibility index (Phi) is 2.57. The Bertz CT molecular complexity index is 396. The molecule has 0 saturated carbocycles. The van der Waals surface area contributed by atoms with Crippen LogP contribution in [0, 0.1) is 5.41 Å². The molecule has 0 atom stereocenters. The minimum atomic E-state index is -0.223. The van der Waals surface area contributed by atoms with Gasteiger partial charge in [-0.3, -0.25) is 4.79 Å². The minimum Gasteiger partial charge on any atom is -0.304 e. The van der Waals surface area contributed by atoms with Crippen LogP contribution in [0.5, 0.6) is 0 Å². The highest BCUT2D eigenvalue weighted by atomic mass is 35.5. The van der Waals surface area contributed by atoms with E-state index in [2.05, 4.69) is 4.90 Å². The molecule has 0 amide bonds. The molecule has 0 aliphatic carbocycles. The van der Waals surface area contributed by atoms with E-state index in [1.54, 1.807) is 12.1 Å². The van der Waals surface area contributed by atoms with Gasteiger partial charge in [-0.1, -0.05) is 23.7 Å². The molecule has 2 nitrogen and oxygen atoms in total. The maximum atomic E-state index is 12.2. The predicted octanol–water partition coefficient (Wildman–Crippen LogP) is 2.47. The molecule has 0 unspecified atom stereocenters. The van der Waals surface area contributed by atoms with Crippen LogP contribution in [-0.2, 0) is 0 Å². The molecule has 1 aromatic carbocycles. The van der Waals surface area contributed by atoms with E-state index in [4.69, 9.17) is 11.6 Å². The van der Waals surface area contributed by atoms with Crippen molar-refractivity contribution < 1.29 is 4.79 Å². The van der Waals surface area contributed by atoms with Crippen LogP contribution in [0.1, 0.15) is 17.3 Å². The summed E-state index contributed by atoms with van der Waals surface area (Å²) in [5, 5.41) is 0.622. The molecule has 3 heteroatoms. The van der Waals surface area contributed by atoms with Crippen LogP contribution in [-0.4, -0.2) is 30.8 Å². The van der Waals surface area contributed by atoms with Gasteiger partial charge in [-0.25, -0.2) is 0 Å². The van der Waals surface area contributed by atoms with Gasteiger partial charge in [0.05, 0.1) is 5.41 Å². The highest BCUT2D eigenvalue weighted by Crippen LogP contribution is 2.32. The summed E-state index contributed by atoms with van der Waals surface area (Å²) < 4.78 is 0. The van der Waals surface area contributed by atoms with Crippen LogP contribution < -0.4 is 0 Å². The van der Waals surface area contributed by atoms with E-state index in [1.807, 2.05) is 26.1 Å². The lowest BCUT2D eigenvalue weighted by Crippen LogP contribution is -2.56. The van der Waals surface area contributed by atoms with Crippen LogP contribution in [0.25, 0.3) is 0 Å². The van der Waals surface area contributed by atoms with Crippen LogP contribution in [0.3, 0.4) is 0 Å². The Morgan fingerprint density at radius 3 is 2.67 bits per heavy atom. The summed E-state index contributed by atoms with van der Waals surface area (Å²) in [4.78, 5) is 14.3. The normalized spacial score (nSPS) is 19.7. The van der Waals surface area contributed by atoms with Crippen molar-refractivity contribution in [3.05, 3.63) is 34.9 Å². The number of ketones is 1. The van der Waals surface area contributed by atoms with Gasteiger partial charge in [0.2, 0.25) is 0 Å². The smallest absolute Gasteiger partial charge is 0.171 e. The number of Topliss-reactive ketones (excluding diaryl/α,β-unsaturated/α-hetero) is 1. The number of nitrogens with zero attached hydrogens (tertiary/aromatic N) is 1. The third-order valence-electron chi connectivity index (χ3n) is 2.87. The summed E-state index contributed by atoms with van der Waals surface area (Å²) >= 11 is 5.87. The second-order valence-corrected chi connectivity index (χ2v) is 5.01. The summed E-state index contributed by atoms with van der Waals surface area (Å²) in [6.45, 7) is 3.67. The maximum Gasteiger partial charge on any atom is 0.171 e. The van der Waals surface area contributed by atoms with E-state index in [0.717, 1.165) is 18.7 Å². The number of hydrogen-bond donors (Lipinski definition) is 0.